The molecule has 0 spiro atoms. The largest absolute Gasteiger partial charge is 0.494 e. The maximum atomic E-state index is 12.6. The minimum Gasteiger partial charge on any atom is -0.494 e. The zero-order valence-corrected chi connectivity index (χ0v) is 11.1. The van der Waals surface area contributed by atoms with Gasteiger partial charge in [0.15, 0.2) is 0 Å². The van der Waals surface area contributed by atoms with Crippen LogP contribution in [0.1, 0.15) is 19.8 Å². The van der Waals surface area contributed by atoms with Crippen molar-refractivity contribution in [2.75, 3.05) is 12.4 Å². The third-order valence-electron chi connectivity index (χ3n) is 2.24. The molecule has 0 fully saturated rings. The van der Waals surface area contributed by atoms with Crippen LogP contribution in [0.25, 0.3) is 0 Å². The van der Waals surface area contributed by atoms with Crippen LogP contribution in [0.2, 0.25) is 0 Å². The van der Waals surface area contributed by atoms with Crippen molar-refractivity contribution in [3.8, 4) is 5.75 Å². The van der Waals surface area contributed by atoms with Crippen molar-refractivity contribution in [2.24, 2.45) is 0 Å². The van der Waals surface area contributed by atoms with E-state index in [1.807, 2.05) is 6.92 Å². The molecular weight excluding hydrogens is 255 g/mol. The van der Waals surface area contributed by atoms with E-state index in [1.165, 1.54) is 12.1 Å². The van der Waals surface area contributed by atoms with Gasteiger partial charge in [0, 0.05) is 5.25 Å². The van der Waals surface area contributed by atoms with Crippen LogP contribution in [0, 0.1) is 5.82 Å². The van der Waals surface area contributed by atoms with Gasteiger partial charge in [-0.05, 0) is 36.4 Å². The lowest BCUT2D eigenvalue weighted by molar-refractivity contribution is -0.136. The number of rotatable bonds is 8. The summed E-state index contributed by atoms with van der Waals surface area (Å²) in [7, 11) is 0. The molecule has 1 aromatic rings. The fourth-order valence-electron chi connectivity index (χ4n) is 1.37. The van der Waals surface area contributed by atoms with Crippen LogP contribution in [0.3, 0.4) is 0 Å². The number of carboxylic acid groups (broad SMARTS) is 1. The van der Waals surface area contributed by atoms with Gasteiger partial charge in [-0.25, -0.2) is 4.39 Å². The highest BCUT2D eigenvalue weighted by Crippen LogP contribution is 2.16. The molecule has 0 saturated heterocycles. The average molecular weight is 272 g/mol. The molecule has 1 unspecified atom stereocenters. The molecule has 1 atom stereocenters. The van der Waals surface area contributed by atoms with E-state index in [1.54, 1.807) is 23.9 Å². The molecule has 0 saturated carbocycles. The van der Waals surface area contributed by atoms with Gasteiger partial charge >= 0.3 is 5.97 Å². The Labute approximate surface area is 110 Å². The SMILES string of the molecule is CC(CC(=O)O)SCCCOc1ccc(F)cc1. The van der Waals surface area contributed by atoms with Crippen LogP contribution < -0.4 is 4.74 Å². The summed E-state index contributed by atoms with van der Waals surface area (Å²) >= 11 is 1.62. The first-order valence-corrected chi connectivity index (χ1v) is 6.84. The Balaban J connectivity index is 2.08. The molecule has 3 nitrogen and oxygen atoms in total. The monoisotopic (exact) mass is 272 g/mol. The lowest BCUT2D eigenvalue weighted by Gasteiger charge is -2.09. The molecule has 0 bridgehead atoms. The van der Waals surface area contributed by atoms with Gasteiger partial charge in [-0.2, -0.15) is 11.8 Å². The molecule has 0 radical (unpaired) electrons. The van der Waals surface area contributed by atoms with Gasteiger partial charge in [0.25, 0.3) is 0 Å². The third kappa shape index (κ3) is 6.49. The van der Waals surface area contributed by atoms with Crippen molar-refractivity contribution in [3.63, 3.8) is 0 Å². The summed E-state index contributed by atoms with van der Waals surface area (Å²) in [6.45, 7) is 2.46. The van der Waals surface area contributed by atoms with Gasteiger partial charge in [-0.1, -0.05) is 6.92 Å². The molecule has 1 rings (SSSR count). The summed E-state index contributed by atoms with van der Waals surface area (Å²) in [5.41, 5.74) is 0. The van der Waals surface area contributed by atoms with E-state index in [2.05, 4.69) is 0 Å². The Morgan fingerprint density at radius 2 is 2.11 bits per heavy atom. The molecule has 18 heavy (non-hydrogen) atoms. The van der Waals surface area contributed by atoms with Crippen LogP contribution in [0.15, 0.2) is 24.3 Å². The van der Waals surface area contributed by atoms with Crippen LogP contribution >= 0.6 is 11.8 Å². The zero-order chi connectivity index (χ0) is 13.4. The summed E-state index contributed by atoms with van der Waals surface area (Å²) in [5.74, 6) is 0.466. The summed E-state index contributed by atoms with van der Waals surface area (Å²) in [6.07, 6.45) is 1.02. The number of carbonyl (C=O) groups is 1. The highest BCUT2D eigenvalue weighted by molar-refractivity contribution is 7.99. The molecule has 1 aromatic carbocycles. The van der Waals surface area contributed by atoms with E-state index >= 15 is 0 Å². The first-order valence-electron chi connectivity index (χ1n) is 5.79. The predicted octanol–water partition coefficient (Wildman–Crippen LogP) is 3.19. The Morgan fingerprint density at radius 3 is 2.72 bits per heavy atom. The third-order valence-corrected chi connectivity index (χ3v) is 3.50. The van der Waals surface area contributed by atoms with Crippen molar-refractivity contribution in [3.05, 3.63) is 30.1 Å². The lowest BCUT2D eigenvalue weighted by Crippen LogP contribution is -2.07. The quantitative estimate of drug-likeness (QED) is 0.738. The van der Waals surface area contributed by atoms with Crippen molar-refractivity contribution in [1.82, 2.24) is 0 Å². The fraction of sp³-hybridized carbons (Fsp3) is 0.462. The van der Waals surface area contributed by atoms with Crippen molar-refractivity contribution >= 4 is 17.7 Å². The highest BCUT2D eigenvalue weighted by Gasteiger charge is 2.07. The second kappa shape index (κ2) is 7.97. The summed E-state index contributed by atoms with van der Waals surface area (Å²) in [4.78, 5) is 10.4. The maximum Gasteiger partial charge on any atom is 0.304 e. The summed E-state index contributed by atoms with van der Waals surface area (Å²) in [6, 6.07) is 5.91. The Bertz CT molecular complexity index is 367. The number of hydrogen-bond donors (Lipinski definition) is 1. The van der Waals surface area contributed by atoms with Crippen LogP contribution in [-0.4, -0.2) is 28.7 Å². The topological polar surface area (TPSA) is 46.5 Å². The molecule has 0 aliphatic heterocycles. The Morgan fingerprint density at radius 1 is 1.44 bits per heavy atom. The highest BCUT2D eigenvalue weighted by atomic mass is 32.2. The van der Waals surface area contributed by atoms with Crippen molar-refractivity contribution in [2.45, 2.75) is 25.0 Å². The number of ether oxygens (including phenoxy) is 1. The number of halogens is 1. The fourth-order valence-corrected chi connectivity index (χ4v) is 2.32. The van der Waals surface area contributed by atoms with Gasteiger partial charge < -0.3 is 9.84 Å². The second-order valence-electron chi connectivity index (χ2n) is 3.94. The van der Waals surface area contributed by atoms with E-state index in [0.717, 1.165) is 12.2 Å². The molecular formula is C13H17FO3S. The molecule has 1 N–H and O–H groups in total. The first kappa shape index (κ1) is 14.8. The summed E-state index contributed by atoms with van der Waals surface area (Å²) in [5, 5.41) is 8.71. The lowest BCUT2D eigenvalue weighted by atomic mass is 10.3. The molecule has 5 heteroatoms. The molecule has 0 aliphatic carbocycles. The summed E-state index contributed by atoms with van der Waals surface area (Å²) < 4.78 is 18.0. The van der Waals surface area contributed by atoms with Gasteiger partial charge in [0.1, 0.15) is 11.6 Å². The maximum absolute atomic E-state index is 12.6. The molecule has 0 aromatic heterocycles. The smallest absolute Gasteiger partial charge is 0.304 e. The van der Waals surface area contributed by atoms with Gasteiger partial charge in [-0.3, -0.25) is 4.79 Å². The van der Waals surface area contributed by atoms with E-state index in [-0.39, 0.29) is 17.5 Å². The number of thioether (sulfide) groups is 1. The van der Waals surface area contributed by atoms with Gasteiger partial charge in [0.2, 0.25) is 0 Å². The molecule has 0 amide bonds. The number of benzene rings is 1. The van der Waals surface area contributed by atoms with E-state index in [0.29, 0.717) is 12.4 Å². The molecule has 0 aliphatic rings. The number of carboxylic acids is 1. The van der Waals surface area contributed by atoms with Gasteiger partial charge in [-0.15, -0.1) is 0 Å². The predicted molar refractivity (Wildman–Crippen MR) is 70.7 cm³/mol. The van der Waals surface area contributed by atoms with E-state index in [4.69, 9.17) is 9.84 Å². The Hall–Kier alpha value is -1.23. The molecule has 100 valence electrons. The minimum atomic E-state index is -0.766. The zero-order valence-electron chi connectivity index (χ0n) is 10.3. The van der Waals surface area contributed by atoms with E-state index < -0.39 is 5.97 Å². The molecule has 0 heterocycles. The van der Waals surface area contributed by atoms with Crippen molar-refractivity contribution < 1.29 is 19.0 Å². The van der Waals surface area contributed by atoms with E-state index in [9.17, 15) is 9.18 Å². The van der Waals surface area contributed by atoms with Crippen molar-refractivity contribution in [1.29, 1.82) is 0 Å². The standard InChI is InChI=1S/C13H17FO3S/c1-10(9-13(15)16)18-8-2-7-17-12-5-3-11(14)4-6-12/h3-6,10H,2,7-9H2,1H3,(H,15,16). The van der Waals surface area contributed by atoms with Crippen LogP contribution in [-0.2, 0) is 4.79 Å². The first-order chi connectivity index (χ1) is 8.58. The minimum absolute atomic E-state index is 0.119. The van der Waals surface area contributed by atoms with Gasteiger partial charge in [0.05, 0.1) is 13.0 Å². The second-order valence-corrected chi connectivity index (χ2v) is 5.48. The number of aliphatic carboxylic acids is 1. The Kier molecular flexibility index (Phi) is 6.57. The number of hydrogen-bond acceptors (Lipinski definition) is 3. The van der Waals surface area contributed by atoms with Crippen LogP contribution in [0.5, 0.6) is 5.75 Å². The van der Waals surface area contributed by atoms with Crippen LogP contribution in [0.4, 0.5) is 4.39 Å². The average Bonchev–Trinajstić information content (AvgIpc) is 2.30. The normalized spacial score (nSPS) is 12.1.